The molecule has 5 heteroatoms. The summed E-state index contributed by atoms with van der Waals surface area (Å²) in [5, 5.41) is 2.78. The van der Waals surface area contributed by atoms with Crippen molar-refractivity contribution in [1.29, 1.82) is 0 Å². The molecule has 0 aliphatic carbocycles. The average molecular weight is 267 g/mol. The van der Waals surface area contributed by atoms with Crippen LogP contribution in [0.25, 0.3) is 0 Å². The fraction of sp³-hybridized carbons (Fsp3) is 0.857. The number of nitrogens with zero attached hydrogens (tertiary/aromatic N) is 2. The molecule has 4 unspecified atom stereocenters. The van der Waals surface area contributed by atoms with E-state index in [-0.39, 0.29) is 29.9 Å². The van der Waals surface area contributed by atoms with E-state index in [1.165, 1.54) is 0 Å². The lowest BCUT2D eigenvalue weighted by atomic mass is 9.89. The number of hydrogen-bond donors (Lipinski definition) is 1. The molecule has 0 aromatic carbocycles. The van der Waals surface area contributed by atoms with Gasteiger partial charge in [0, 0.05) is 12.6 Å². The van der Waals surface area contributed by atoms with Gasteiger partial charge in [0.05, 0.1) is 0 Å². The van der Waals surface area contributed by atoms with Gasteiger partial charge in [0.2, 0.25) is 11.8 Å². The Morgan fingerprint density at radius 2 is 2.00 bits per heavy atom. The summed E-state index contributed by atoms with van der Waals surface area (Å²) < 4.78 is 0. The molecule has 2 saturated heterocycles. The van der Waals surface area contributed by atoms with E-state index in [0.717, 1.165) is 19.5 Å². The number of piperidine rings is 1. The van der Waals surface area contributed by atoms with E-state index in [1.807, 2.05) is 11.8 Å². The molecule has 0 aromatic rings. The fourth-order valence-electron chi connectivity index (χ4n) is 3.41. The lowest BCUT2D eigenvalue weighted by Gasteiger charge is -2.47. The summed E-state index contributed by atoms with van der Waals surface area (Å²) in [6, 6.07) is -0.483. The van der Waals surface area contributed by atoms with Crippen molar-refractivity contribution in [1.82, 2.24) is 15.1 Å². The highest BCUT2D eigenvalue weighted by molar-refractivity contribution is 5.96. The summed E-state index contributed by atoms with van der Waals surface area (Å²) in [7, 11) is 2.11. The van der Waals surface area contributed by atoms with Gasteiger partial charge in [-0.2, -0.15) is 0 Å². The molecule has 0 spiro atoms. The van der Waals surface area contributed by atoms with Gasteiger partial charge >= 0.3 is 0 Å². The first-order chi connectivity index (χ1) is 8.95. The van der Waals surface area contributed by atoms with Gasteiger partial charge in [-0.1, -0.05) is 13.8 Å². The van der Waals surface area contributed by atoms with Crippen LogP contribution in [0.2, 0.25) is 0 Å². The van der Waals surface area contributed by atoms with E-state index in [2.05, 4.69) is 24.2 Å². The molecule has 2 heterocycles. The zero-order valence-corrected chi connectivity index (χ0v) is 12.3. The molecule has 5 nitrogen and oxygen atoms in total. The summed E-state index contributed by atoms with van der Waals surface area (Å²) in [6.07, 6.45) is 1.64. The molecule has 2 aliphatic heterocycles. The zero-order valence-electron chi connectivity index (χ0n) is 12.3. The second-order valence-corrected chi connectivity index (χ2v) is 6.00. The van der Waals surface area contributed by atoms with Gasteiger partial charge < -0.3 is 15.1 Å². The van der Waals surface area contributed by atoms with Crippen molar-refractivity contribution in [2.45, 2.75) is 51.7 Å². The first-order valence-electron chi connectivity index (χ1n) is 7.26. The second-order valence-electron chi connectivity index (χ2n) is 6.00. The number of carbonyl (C=O) groups excluding carboxylic acids is 2. The van der Waals surface area contributed by atoms with Gasteiger partial charge in [0.25, 0.3) is 0 Å². The van der Waals surface area contributed by atoms with E-state index < -0.39 is 0 Å². The molecular formula is C14H25N3O2. The van der Waals surface area contributed by atoms with Gasteiger partial charge in [-0.25, -0.2) is 0 Å². The number of nitrogens with one attached hydrogen (secondary N) is 1. The maximum Gasteiger partial charge on any atom is 0.245 e. The minimum atomic E-state index is -0.387. The largest absolute Gasteiger partial charge is 0.343 e. The third-order valence-corrected chi connectivity index (χ3v) is 4.43. The molecule has 0 radical (unpaired) electrons. The van der Waals surface area contributed by atoms with Gasteiger partial charge in [-0.15, -0.1) is 0 Å². The maximum absolute atomic E-state index is 12.5. The molecular weight excluding hydrogens is 242 g/mol. The average Bonchev–Trinajstić information content (AvgIpc) is 2.34. The molecule has 1 N–H and O–H groups in total. The molecule has 0 aromatic heterocycles. The number of amides is 2. The molecule has 2 aliphatic rings. The topological polar surface area (TPSA) is 52.7 Å². The van der Waals surface area contributed by atoms with E-state index >= 15 is 0 Å². The SMILES string of the molecule is CCC1C(=O)NC(C)C(=O)N1C1CCN(C)CC1C. The molecule has 2 fully saturated rings. The van der Waals surface area contributed by atoms with E-state index in [9.17, 15) is 9.59 Å². The van der Waals surface area contributed by atoms with Crippen LogP contribution < -0.4 is 5.32 Å². The van der Waals surface area contributed by atoms with Gasteiger partial charge in [0.1, 0.15) is 12.1 Å². The maximum atomic E-state index is 12.5. The molecule has 2 rings (SSSR count). The number of piperazine rings is 1. The number of rotatable bonds is 2. The molecule has 0 saturated carbocycles. The Balaban J connectivity index is 2.23. The van der Waals surface area contributed by atoms with Crippen LogP contribution in [0.15, 0.2) is 0 Å². The fourth-order valence-corrected chi connectivity index (χ4v) is 3.41. The van der Waals surface area contributed by atoms with Crippen LogP contribution in [-0.4, -0.2) is 59.9 Å². The van der Waals surface area contributed by atoms with Crippen molar-refractivity contribution in [3.05, 3.63) is 0 Å². The minimum Gasteiger partial charge on any atom is -0.343 e. The molecule has 108 valence electrons. The van der Waals surface area contributed by atoms with Crippen LogP contribution in [0.5, 0.6) is 0 Å². The van der Waals surface area contributed by atoms with Crippen LogP contribution in [0.1, 0.15) is 33.6 Å². The molecule has 2 amide bonds. The Morgan fingerprint density at radius 1 is 1.32 bits per heavy atom. The van der Waals surface area contributed by atoms with Crippen molar-refractivity contribution in [3.8, 4) is 0 Å². The summed E-state index contributed by atoms with van der Waals surface area (Å²) in [5.74, 6) is 0.489. The number of carbonyl (C=O) groups is 2. The first-order valence-corrected chi connectivity index (χ1v) is 7.26. The molecule has 19 heavy (non-hydrogen) atoms. The Bertz CT molecular complexity index is 372. The Hall–Kier alpha value is -1.10. The Kier molecular flexibility index (Phi) is 4.13. The predicted octanol–water partition coefficient (Wildman–Crippen LogP) is 0.452. The zero-order chi connectivity index (χ0) is 14.2. The van der Waals surface area contributed by atoms with E-state index in [0.29, 0.717) is 12.3 Å². The highest BCUT2D eigenvalue weighted by Gasteiger charge is 2.43. The first kappa shape index (κ1) is 14.3. The third-order valence-electron chi connectivity index (χ3n) is 4.43. The van der Waals surface area contributed by atoms with Crippen molar-refractivity contribution >= 4 is 11.8 Å². The van der Waals surface area contributed by atoms with Gasteiger partial charge in [-0.05, 0) is 39.3 Å². The van der Waals surface area contributed by atoms with Crippen LogP contribution in [-0.2, 0) is 9.59 Å². The lowest BCUT2D eigenvalue weighted by molar-refractivity contribution is -0.154. The number of hydrogen-bond acceptors (Lipinski definition) is 3. The van der Waals surface area contributed by atoms with Crippen molar-refractivity contribution < 1.29 is 9.59 Å². The summed E-state index contributed by atoms with van der Waals surface area (Å²) >= 11 is 0. The van der Waals surface area contributed by atoms with Crippen LogP contribution in [0.4, 0.5) is 0 Å². The van der Waals surface area contributed by atoms with Crippen molar-refractivity contribution in [2.24, 2.45) is 5.92 Å². The minimum absolute atomic E-state index is 0.000674. The Labute approximate surface area is 115 Å². The van der Waals surface area contributed by atoms with E-state index in [1.54, 1.807) is 6.92 Å². The second kappa shape index (κ2) is 5.49. The summed E-state index contributed by atoms with van der Waals surface area (Å²) in [4.78, 5) is 28.7. The van der Waals surface area contributed by atoms with Crippen molar-refractivity contribution in [2.75, 3.05) is 20.1 Å². The normalized spacial score (nSPS) is 37.4. The molecule has 4 atom stereocenters. The van der Waals surface area contributed by atoms with Crippen LogP contribution in [0, 0.1) is 5.92 Å². The van der Waals surface area contributed by atoms with Gasteiger partial charge in [-0.3, -0.25) is 9.59 Å². The third kappa shape index (κ3) is 2.61. The summed E-state index contributed by atoms with van der Waals surface area (Å²) in [5.41, 5.74) is 0. The number of likely N-dealkylation sites (tertiary alicyclic amines) is 1. The van der Waals surface area contributed by atoms with Crippen LogP contribution >= 0.6 is 0 Å². The van der Waals surface area contributed by atoms with Crippen LogP contribution in [0.3, 0.4) is 0 Å². The smallest absolute Gasteiger partial charge is 0.245 e. The summed E-state index contributed by atoms with van der Waals surface area (Å²) in [6.45, 7) is 7.91. The van der Waals surface area contributed by atoms with Crippen molar-refractivity contribution in [3.63, 3.8) is 0 Å². The Morgan fingerprint density at radius 3 is 2.58 bits per heavy atom. The monoisotopic (exact) mass is 267 g/mol. The highest BCUT2D eigenvalue weighted by Crippen LogP contribution is 2.26. The lowest BCUT2D eigenvalue weighted by Crippen LogP contribution is -2.67. The van der Waals surface area contributed by atoms with Gasteiger partial charge in [0.15, 0.2) is 0 Å². The highest BCUT2D eigenvalue weighted by atomic mass is 16.2. The quantitative estimate of drug-likeness (QED) is 0.790. The standard InChI is InChI=1S/C14H25N3O2/c1-5-11-13(18)15-10(3)14(19)17(11)12-6-7-16(4)8-9(12)2/h9-12H,5-8H2,1-4H3,(H,15,18). The molecule has 0 bridgehead atoms. The van der Waals surface area contributed by atoms with E-state index in [4.69, 9.17) is 0 Å². The predicted molar refractivity (Wildman–Crippen MR) is 73.6 cm³/mol.